The van der Waals surface area contributed by atoms with E-state index in [9.17, 15) is 14.9 Å². The Balaban J connectivity index is 1.54. The molecule has 7 nitrogen and oxygen atoms in total. The SMILES string of the molecule is O=C(C=Cc1cccc([N+](=O)[O-])c1)Nc1ccc(CN2CCOCC2)cc1. The highest BCUT2D eigenvalue weighted by molar-refractivity contribution is 6.01. The lowest BCUT2D eigenvalue weighted by molar-refractivity contribution is -0.384. The summed E-state index contributed by atoms with van der Waals surface area (Å²) in [4.78, 5) is 24.7. The molecule has 27 heavy (non-hydrogen) atoms. The van der Waals surface area contributed by atoms with E-state index in [-0.39, 0.29) is 11.6 Å². The summed E-state index contributed by atoms with van der Waals surface area (Å²) in [7, 11) is 0. The molecule has 1 aliphatic rings. The molecule has 1 aliphatic heterocycles. The molecule has 1 fully saturated rings. The Morgan fingerprint density at radius 2 is 1.93 bits per heavy atom. The second kappa shape index (κ2) is 9.07. The average Bonchev–Trinajstić information content (AvgIpc) is 2.69. The Kier molecular flexibility index (Phi) is 6.30. The molecule has 2 aromatic rings. The van der Waals surface area contributed by atoms with Gasteiger partial charge < -0.3 is 10.1 Å². The maximum atomic E-state index is 12.1. The van der Waals surface area contributed by atoms with Crippen LogP contribution in [0.15, 0.2) is 54.6 Å². The first-order valence-electron chi connectivity index (χ1n) is 8.73. The number of hydrogen-bond donors (Lipinski definition) is 1. The minimum atomic E-state index is -0.462. The van der Waals surface area contributed by atoms with E-state index >= 15 is 0 Å². The normalized spacial score (nSPS) is 15.0. The van der Waals surface area contributed by atoms with Crippen LogP contribution in [-0.4, -0.2) is 42.0 Å². The Labute approximate surface area is 157 Å². The van der Waals surface area contributed by atoms with E-state index < -0.39 is 4.92 Å². The zero-order chi connectivity index (χ0) is 19.1. The fraction of sp³-hybridized carbons (Fsp3) is 0.250. The molecule has 0 aliphatic carbocycles. The van der Waals surface area contributed by atoms with Gasteiger partial charge in [-0.15, -0.1) is 0 Å². The molecule has 0 bridgehead atoms. The number of nitro benzene ring substituents is 1. The number of hydrogen-bond acceptors (Lipinski definition) is 5. The highest BCUT2D eigenvalue weighted by Gasteiger charge is 2.10. The fourth-order valence-electron chi connectivity index (χ4n) is 2.81. The lowest BCUT2D eigenvalue weighted by Crippen LogP contribution is -2.35. The van der Waals surface area contributed by atoms with Gasteiger partial charge in [-0.2, -0.15) is 0 Å². The number of non-ortho nitro benzene ring substituents is 1. The molecule has 1 heterocycles. The number of benzene rings is 2. The van der Waals surface area contributed by atoms with E-state index in [0.29, 0.717) is 11.3 Å². The summed E-state index contributed by atoms with van der Waals surface area (Å²) in [5, 5.41) is 13.6. The standard InChI is InChI=1S/C20H21N3O4/c24-20(9-6-16-2-1-3-19(14-16)23(25)26)21-18-7-4-17(5-8-18)15-22-10-12-27-13-11-22/h1-9,14H,10-13,15H2,(H,21,24). The van der Waals surface area contributed by atoms with Crippen LogP contribution in [0, 0.1) is 10.1 Å². The Hall–Kier alpha value is -3.03. The molecule has 0 radical (unpaired) electrons. The van der Waals surface area contributed by atoms with Crippen LogP contribution in [0.4, 0.5) is 11.4 Å². The Morgan fingerprint density at radius 3 is 2.63 bits per heavy atom. The second-order valence-corrected chi connectivity index (χ2v) is 6.26. The van der Waals surface area contributed by atoms with Gasteiger partial charge in [0.25, 0.3) is 5.69 Å². The highest BCUT2D eigenvalue weighted by atomic mass is 16.6. The number of nitrogens with one attached hydrogen (secondary N) is 1. The van der Waals surface area contributed by atoms with Gasteiger partial charge in [0, 0.05) is 43.5 Å². The van der Waals surface area contributed by atoms with Gasteiger partial charge in [-0.05, 0) is 29.3 Å². The summed E-state index contributed by atoms with van der Waals surface area (Å²) in [6, 6.07) is 13.9. The zero-order valence-electron chi connectivity index (χ0n) is 14.8. The summed E-state index contributed by atoms with van der Waals surface area (Å²) >= 11 is 0. The molecule has 0 saturated carbocycles. The van der Waals surface area contributed by atoms with Gasteiger partial charge in [-0.25, -0.2) is 0 Å². The van der Waals surface area contributed by atoms with Gasteiger partial charge in [0.1, 0.15) is 0 Å². The number of ether oxygens (including phenoxy) is 1. The first kappa shape index (κ1) is 18.8. The molecular formula is C20H21N3O4. The van der Waals surface area contributed by atoms with E-state index in [1.165, 1.54) is 23.8 Å². The Morgan fingerprint density at radius 1 is 1.19 bits per heavy atom. The van der Waals surface area contributed by atoms with Gasteiger partial charge in [0.2, 0.25) is 5.91 Å². The van der Waals surface area contributed by atoms with Gasteiger partial charge in [-0.3, -0.25) is 19.8 Å². The summed E-state index contributed by atoms with van der Waals surface area (Å²) in [6.45, 7) is 4.27. The molecule has 140 valence electrons. The molecule has 0 unspecified atom stereocenters. The predicted octanol–water partition coefficient (Wildman–Crippen LogP) is 3.08. The molecule has 2 aromatic carbocycles. The van der Waals surface area contributed by atoms with E-state index in [2.05, 4.69) is 10.2 Å². The van der Waals surface area contributed by atoms with Crippen molar-refractivity contribution < 1.29 is 14.5 Å². The lowest BCUT2D eigenvalue weighted by atomic mass is 10.1. The van der Waals surface area contributed by atoms with Crippen molar-refractivity contribution in [2.24, 2.45) is 0 Å². The minimum Gasteiger partial charge on any atom is -0.379 e. The summed E-state index contributed by atoms with van der Waals surface area (Å²) in [5.74, 6) is -0.289. The van der Waals surface area contributed by atoms with Crippen molar-refractivity contribution >= 4 is 23.4 Å². The number of rotatable bonds is 6. The number of nitrogens with zero attached hydrogens (tertiary/aromatic N) is 2. The minimum absolute atomic E-state index is 0.00610. The van der Waals surface area contributed by atoms with Crippen LogP contribution in [0.3, 0.4) is 0 Å². The Bertz CT molecular complexity index is 827. The van der Waals surface area contributed by atoms with Crippen molar-refractivity contribution in [2.75, 3.05) is 31.6 Å². The van der Waals surface area contributed by atoms with Crippen LogP contribution >= 0.6 is 0 Å². The number of carbonyl (C=O) groups is 1. The largest absolute Gasteiger partial charge is 0.379 e. The van der Waals surface area contributed by atoms with Crippen molar-refractivity contribution in [1.29, 1.82) is 0 Å². The summed E-state index contributed by atoms with van der Waals surface area (Å²) in [6.07, 6.45) is 2.91. The monoisotopic (exact) mass is 367 g/mol. The second-order valence-electron chi connectivity index (χ2n) is 6.26. The van der Waals surface area contributed by atoms with Gasteiger partial charge >= 0.3 is 0 Å². The number of amides is 1. The van der Waals surface area contributed by atoms with E-state index in [0.717, 1.165) is 32.8 Å². The van der Waals surface area contributed by atoms with E-state index in [4.69, 9.17) is 4.74 Å². The smallest absolute Gasteiger partial charge is 0.270 e. The van der Waals surface area contributed by atoms with Crippen LogP contribution < -0.4 is 5.32 Å². The fourth-order valence-corrected chi connectivity index (χ4v) is 2.81. The van der Waals surface area contributed by atoms with E-state index in [1.54, 1.807) is 18.2 Å². The summed E-state index contributed by atoms with van der Waals surface area (Å²) in [5.41, 5.74) is 2.48. The number of nitro groups is 1. The lowest BCUT2D eigenvalue weighted by Gasteiger charge is -2.26. The number of anilines is 1. The van der Waals surface area contributed by atoms with Gasteiger partial charge in [0.05, 0.1) is 18.1 Å². The average molecular weight is 367 g/mol. The third-order valence-electron chi connectivity index (χ3n) is 4.24. The third-order valence-corrected chi connectivity index (χ3v) is 4.24. The van der Waals surface area contributed by atoms with Crippen molar-refractivity contribution in [3.63, 3.8) is 0 Å². The van der Waals surface area contributed by atoms with E-state index in [1.807, 2.05) is 24.3 Å². The first-order chi connectivity index (χ1) is 13.1. The first-order valence-corrected chi connectivity index (χ1v) is 8.73. The van der Waals surface area contributed by atoms with Crippen LogP contribution in [0.2, 0.25) is 0 Å². The molecule has 0 spiro atoms. The number of carbonyl (C=O) groups excluding carboxylic acids is 1. The van der Waals surface area contributed by atoms with Crippen LogP contribution in [0.5, 0.6) is 0 Å². The number of morpholine rings is 1. The quantitative estimate of drug-likeness (QED) is 0.482. The molecule has 0 aromatic heterocycles. The molecule has 1 saturated heterocycles. The van der Waals surface area contributed by atoms with Gasteiger partial charge in [0.15, 0.2) is 0 Å². The molecular weight excluding hydrogens is 346 g/mol. The summed E-state index contributed by atoms with van der Waals surface area (Å²) < 4.78 is 5.34. The van der Waals surface area contributed by atoms with Crippen molar-refractivity contribution in [2.45, 2.75) is 6.54 Å². The highest BCUT2D eigenvalue weighted by Crippen LogP contribution is 2.15. The topological polar surface area (TPSA) is 84.7 Å². The molecule has 1 amide bonds. The van der Waals surface area contributed by atoms with Crippen LogP contribution in [0.25, 0.3) is 6.08 Å². The molecule has 3 rings (SSSR count). The zero-order valence-corrected chi connectivity index (χ0v) is 14.8. The molecule has 1 N–H and O–H groups in total. The van der Waals surface area contributed by atoms with Crippen molar-refractivity contribution in [3.8, 4) is 0 Å². The molecule has 0 atom stereocenters. The van der Waals surface area contributed by atoms with Gasteiger partial charge in [-0.1, -0.05) is 24.3 Å². The van der Waals surface area contributed by atoms with Crippen LogP contribution in [0.1, 0.15) is 11.1 Å². The van der Waals surface area contributed by atoms with Crippen molar-refractivity contribution in [3.05, 3.63) is 75.8 Å². The van der Waals surface area contributed by atoms with Crippen LogP contribution in [-0.2, 0) is 16.1 Å². The maximum absolute atomic E-state index is 12.1. The predicted molar refractivity (Wildman–Crippen MR) is 103 cm³/mol. The molecule has 7 heteroatoms. The van der Waals surface area contributed by atoms with Crippen molar-refractivity contribution in [1.82, 2.24) is 4.90 Å². The maximum Gasteiger partial charge on any atom is 0.270 e. The third kappa shape index (κ3) is 5.73.